The van der Waals surface area contributed by atoms with E-state index in [0.29, 0.717) is 5.56 Å². The summed E-state index contributed by atoms with van der Waals surface area (Å²) in [6, 6.07) is 14.7. The Labute approximate surface area is 142 Å². The lowest BCUT2D eigenvalue weighted by Crippen LogP contribution is -2.46. The molecule has 2 aromatic carbocycles. The van der Waals surface area contributed by atoms with Crippen LogP contribution in [0.1, 0.15) is 37.4 Å². The summed E-state index contributed by atoms with van der Waals surface area (Å²) in [5.74, 6) is -0.223. The van der Waals surface area contributed by atoms with E-state index >= 15 is 0 Å². The normalized spacial score (nSPS) is 18.1. The van der Waals surface area contributed by atoms with E-state index in [1.807, 2.05) is 30.0 Å². The Hall–Kier alpha value is -2.20. The van der Waals surface area contributed by atoms with Gasteiger partial charge in [0.2, 0.25) is 5.91 Å². The van der Waals surface area contributed by atoms with Crippen LogP contribution >= 0.6 is 0 Å². The standard InChI is InChI=1S/C20H23FN2O/c1-14-11-12-16-7-3-6-10-19(16)23(14)20(24)13-22-15(2)17-8-4-5-9-18(17)21/h3-10,14-15,22H,11-13H2,1-2H3. The van der Waals surface area contributed by atoms with Gasteiger partial charge in [-0.25, -0.2) is 4.39 Å². The number of benzene rings is 2. The molecule has 1 amide bonds. The van der Waals surface area contributed by atoms with Crippen molar-refractivity contribution < 1.29 is 9.18 Å². The highest BCUT2D eigenvalue weighted by atomic mass is 19.1. The smallest absolute Gasteiger partial charge is 0.241 e. The lowest BCUT2D eigenvalue weighted by atomic mass is 9.96. The lowest BCUT2D eigenvalue weighted by molar-refractivity contribution is -0.118. The molecule has 0 aliphatic carbocycles. The van der Waals surface area contributed by atoms with E-state index in [4.69, 9.17) is 0 Å². The first kappa shape index (κ1) is 16.7. The second-order valence-corrected chi connectivity index (χ2v) is 6.40. The number of halogens is 1. The number of para-hydroxylation sites is 1. The van der Waals surface area contributed by atoms with Gasteiger partial charge in [-0.2, -0.15) is 0 Å². The van der Waals surface area contributed by atoms with Gasteiger partial charge >= 0.3 is 0 Å². The average Bonchev–Trinajstić information content (AvgIpc) is 2.59. The van der Waals surface area contributed by atoms with Gasteiger partial charge in [0.15, 0.2) is 0 Å². The topological polar surface area (TPSA) is 32.3 Å². The zero-order valence-corrected chi connectivity index (χ0v) is 14.1. The maximum atomic E-state index is 13.8. The molecular weight excluding hydrogens is 303 g/mol. The van der Waals surface area contributed by atoms with Crippen molar-refractivity contribution in [1.82, 2.24) is 5.32 Å². The van der Waals surface area contributed by atoms with Crippen molar-refractivity contribution in [2.75, 3.05) is 11.4 Å². The molecule has 2 unspecified atom stereocenters. The largest absolute Gasteiger partial charge is 0.308 e. The van der Waals surface area contributed by atoms with Crippen molar-refractivity contribution in [1.29, 1.82) is 0 Å². The van der Waals surface area contributed by atoms with Crippen LogP contribution in [0.25, 0.3) is 0 Å². The molecule has 0 saturated carbocycles. The molecule has 2 atom stereocenters. The summed E-state index contributed by atoms with van der Waals surface area (Å²) in [6.07, 6.45) is 1.96. The predicted molar refractivity (Wildman–Crippen MR) is 94.5 cm³/mol. The van der Waals surface area contributed by atoms with E-state index in [9.17, 15) is 9.18 Å². The van der Waals surface area contributed by atoms with Gasteiger partial charge in [0, 0.05) is 23.3 Å². The molecule has 0 radical (unpaired) electrons. The summed E-state index contributed by atoms with van der Waals surface area (Å²) in [5.41, 5.74) is 2.80. The molecule has 2 aromatic rings. The van der Waals surface area contributed by atoms with Gasteiger partial charge in [-0.15, -0.1) is 0 Å². The highest BCUT2D eigenvalue weighted by Crippen LogP contribution is 2.30. The van der Waals surface area contributed by atoms with Gasteiger partial charge in [-0.05, 0) is 44.4 Å². The number of carbonyl (C=O) groups excluding carboxylic acids is 1. The molecule has 3 rings (SSSR count). The first-order valence-corrected chi connectivity index (χ1v) is 8.45. The molecule has 0 bridgehead atoms. The molecule has 3 nitrogen and oxygen atoms in total. The van der Waals surface area contributed by atoms with Gasteiger partial charge in [0.1, 0.15) is 5.82 Å². The maximum Gasteiger partial charge on any atom is 0.241 e. The summed E-state index contributed by atoms with van der Waals surface area (Å²) in [6.45, 7) is 4.14. The van der Waals surface area contributed by atoms with Crippen LogP contribution in [0.5, 0.6) is 0 Å². The van der Waals surface area contributed by atoms with Crippen molar-refractivity contribution in [3.05, 3.63) is 65.5 Å². The summed E-state index contributed by atoms with van der Waals surface area (Å²) < 4.78 is 13.8. The third-order valence-electron chi connectivity index (χ3n) is 4.72. The molecule has 1 heterocycles. The molecule has 0 spiro atoms. The first-order valence-electron chi connectivity index (χ1n) is 8.45. The van der Waals surface area contributed by atoms with Crippen molar-refractivity contribution >= 4 is 11.6 Å². The summed E-state index contributed by atoms with van der Waals surface area (Å²) >= 11 is 0. The van der Waals surface area contributed by atoms with E-state index < -0.39 is 0 Å². The summed E-state index contributed by atoms with van der Waals surface area (Å²) in [5, 5.41) is 3.16. The van der Waals surface area contributed by atoms with Crippen LogP contribution in [-0.2, 0) is 11.2 Å². The monoisotopic (exact) mass is 326 g/mol. The van der Waals surface area contributed by atoms with Gasteiger partial charge in [0.05, 0.1) is 6.54 Å². The molecular formula is C20H23FN2O. The van der Waals surface area contributed by atoms with E-state index in [1.54, 1.807) is 18.2 Å². The van der Waals surface area contributed by atoms with Crippen LogP contribution in [0.3, 0.4) is 0 Å². The number of anilines is 1. The summed E-state index contributed by atoms with van der Waals surface area (Å²) in [4.78, 5) is 14.6. The zero-order valence-electron chi connectivity index (χ0n) is 14.1. The second-order valence-electron chi connectivity index (χ2n) is 6.40. The minimum Gasteiger partial charge on any atom is -0.308 e. The number of aryl methyl sites for hydroxylation is 1. The third-order valence-corrected chi connectivity index (χ3v) is 4.72. The summed E-state index contributed by atoms with van der Waals surface area (Å²) in [7, 11) is 0. The number of nitrogens with zero attached hydrogens (tertiary/aromatic N) is 1. The quantitative estimate of drug-likeness (QED) is 0.926. The average molecular weight is 326 g/mol. The zero-order chi connectivity index (χ0) is 17.1. The number of hydrogen-bond acceptors (Lipinski definition) is 2. The van der Waals surface area contributed by atoms with Gasteiger partial charge in [0.25, 0.3) is 0 Å². The molecule has 4 heteroatoms. The molecule has 1 aliphatic rings. The predicted octanol–water partition coefficient (Wildman–Crippen LogP) is 3.84. The highest BCUT2D eigenvalue weighted by Gasteiger charge is 2.27. The second kappa shape index (κ2) is 7.14. The minimum absolute atomic E-state index is 0.0258. The Balaban J connectivity index is 1.70. The van der Waals surface area contributed by atoms with E-state index in [-0.39, 0.29) is 30.4 Å². The lowest BCUT2D eigenvalue weighted by Gasteiger charge is -2.35. The number of hydrogen-bond donors (Lipinski definition) is 1. The Morgan fingerprint density at radius 2 is 1.96 bits per heavy atom. The van der Waals surface area contributed by atoms with Gasteiger partial charge in [-0.3, -0.25) is 4.79 Å². The van der Waals surface area contributed by atoms with Crippen LogP contribution in [0.15, 0.2) is 48.5 Å². The maximum absolute atomic E-state index is 13.8. The number of fused-ring (bicyclic) bond motifs is 1. The van der Waals surface area contributed by atoms with Crippen molar-refractivity contribution in [3.8, 4) is 0 Å². The number of amides is 1. The SMILES string of the molecule is CC(NCC(=O)N1c2ccccc2CCC1C)c1ccccc1F. The van der Waals surface area contributed by atoms with Crippen LogP contribution in [0, 0.1) is 5.82 Å². The molecule has 0 saturated heterocycles. The Morgan fingerprint density at radius 1 is 1.25 bits per heavy atom. The van der Waals surface area contributed by atoms with Gasteiger partial charge < -0.3 is 10.2 Å². The minimum atomic E-state index is -0.248. The fourth-order valence-electron chi connectivity index (χ4n) is 3.33. The van der Waals surface area contributed by atoms with Crippen LogP contribution in [-0.4, -0.2) is 18.5 Å². The highest BCUT2D eigenvalue weighted by molar-refractivity contribution is 5.96. The van der Waals surface area contributed by atoms with Crippen LogP contribution in [0.2, 0.25) is 0 Å². The molecule has 0 fully saturated rings. The van der Waals surface area contributed by atoms with E-state index in [2.05, 4.69) is 18.3 Å². The molecule has 126 valence electrons. The fraction of sp³-hybridized carbons (Fsp3) is 0.350. The third kappa shape index (κ3) is 3.34. The fourth-order valence-corrected chi connectivity index (χ4v) is 3.33. The molecule has 1 aliphatic heterocycles. The van der Waals surface area contributed by atoms with Gasteiger partial charge in [-0.1, -0.05) is 36.4 Å². The molecule has 24 heavy (non-hydrogen) atoms. The first-order chi connectivity index (χ1) is 11.6. The van der Waals surface area contributed by atoms with E-state index in [1.165, 1.54) is 11.6 Å². The van der Waals surface area contributed by atoms with Crippen molar-refractivity contribution in [2.24, 2.45) is 0 Å². The Kier molecular flexibility index (Phi) is 4.95. The molecule has 1 N–H and O–H groups in total. The number of nitrogens with one attached hydrogen (secondary N) is 1. The molecule has 0 aromatic heterocycles. The van der Waals surface area contributed by atoms with Crippen molar-refractivity contribution in [3.63, 3.8) is 0 Å². The van der Waals surface area contributed by atoms with Crippen LogP contribution in [0.4, 0.5) is 10.1 Å². The number of rotatable bonds is 4. The van der Waals surface area contributed by atoms with Crippen LogP contribution < -0.4 is 10.2 Å². The number of carbonyl (C=O) groups is 1. The van der Waals surface area contributed by atoms with Crippen molar-refractivity contribution in [2.45, 2.75) is 38.8 Å². The van der Waals surface area contributed by atoms with E-state index in [0.717, 1.165) is 18.5 Å². The Morgan fingerprint density at radius 3 is 2.75 bits per heavy atom. The Bertz CT molecular complexity index is 731.